The van der Waals surface area contributed by atoms with Gasteiger partial charge in [-0.3, -0.25) is 0 Å². The molecule has 0 aliphatic carbocycles. The van der Waals surface area contributed by atoms with E-state index in [1.54, 1.807) is 0 Å². The van der Waals surface area contributed by atoms with Crippen LogP contribution in [-0.4, -0.2) is 11.1 Å². The fourth-order valence-electron chi connectivity index (χ4n) is 1.20. The molecule has 1 aromatic carbocycles. The van der Waals surface area contributed by atoms with Gasteiger partial charge in [-0.15, -0.1) is 0 Å². The molecule has 0 saturated heterocycles. The summed E-state index contributed by atoms with van der Waals surface area (Å²) in [5.74, 6) is -0.954. The van der Waals surface area contributed by atoms with Crippen LogP contribution in [0.1, 0.15) is 5.56 Å². The summed E-state index contributed by atoms with van der Waals surface area (Å²) in [5.41, 5.74) is 0.887. The zero-order chi connectivity index (χ0) is 12.7. The highest BCUT2D eigenvalue weighted by Crippen LogP contribution is 2.09. The second-order valence-electron chi connectivity index (χ2n) is 3.32. The van der Waals surface area contributed by atoms with E-state index in [1.165, 1.54) is 12.2 Å². The van der Waals surface area contributed by atoms with Crippen LogP contribution in [0, 0.1) is 0 Å². The first kappa shape index (κ1) is 12.8. The van der Waals surface area contributed by atoms with E-state index >= 15 is 0 Å². The van der Waals surface area contributed by atoms with Crippen LogP contribution in [0.2, 0.25) is 0 Å². The van der Waals surface area contributed by atoms with Gasteiger partial charge in [-0.1, -0.05) is 49.6 Å². The Kier molecular flexibility index (Phi) is 4.76. The third-order valence-corrected chi connectivity index (χ3v) is 2.03. The summed E-state index contributed by atoms with van der Waals surface area (Å²) >= 11 is 0. The number of hydrogen-bond donors (Lipinski definition) is 1. The number of esters is 1. The van der Waals surface area contributed by atoms with E-state index in [4.69, 9.17) is 4.74 Å². The van der Waals surface area contributed by atoms with Gasteiger partial charge < -0.3 is 9.84 Å². The first-order valence-electron chi connectivity index (χ1n) is 5.07. The Hall–Kier alpha value is -2.29. The second-order valence-corrected chi connectivity index (χ2v) is 3.32. The third-order valence-electron chi connectivity index (χ3n) is 2.03. The molecule has 88 valence electrons. The number of ether oxygens (including phenoxy) is 1. The van der Waals surface area contributed by atoms with Gasteiger partial charge in [0.25, 0.3) is 0 Å². The predicted molar refractivity (Wildman–Crippen MR) is 66.3 cm³/mol. The molecule has 3 heteroatoms. The molecule has 0 atom stereocenters. The lowest BCUT2D eigenvalue weighted by atomic mass is 10.2. The molecular formula is C14H14O3. The van der Waals surface area contributed by atoms with Crippen molar-refractivity contribution in [2.45, 2.75) is 6.61 Å². The lowest BCUT2D eigenvalue weighted by molar-refractivity contribution is -0.140. The summed E-state index contributed by atoms with van der Waals surface area (Å²) in [6, 6.07) is 9.28. The van der Waals surface area contributed by atoms with Gasteiger partial charge in [-0.05, 0) is 11.6 Å². The molecular weight excluding hydrogens is 216 g/mol. The van der Waals surface area contributed by atoms with E-state index in [0.29, 0.717) is 0 Å². The molecule has 0 spiro atoms. The molecule has 0 saturated carbocycles. The van der Waals surface area contributed by atoms with Crippen LogP contribution in [0.25, 0.3) is 0 Å². The summed E-state index contributed by atoms with van der Waals surface area (Å²) in [5, 5.41) is 9.20. The average Bonchev–Trinajstić information content (AvgIpc) is 2.34. The van der Waals surface area contributed by atoms with Crippen molar-refractivity contribution in [1.29, 1.82) is 0 Å². The minimum atomic E-state index is -0.624. The molecule has 1 rings (SSSR count). The lowest BCUT2D eigenvalue weighted by Gasteiger charge is -2.06. The van der Waals surface area contributed by atoms with E-state index < -0.39 is 5.97 Å². The van der Waals surface area contributed by atoms with Crippen LogP contribution in [0.5, 0.6) is 0 Å². The third kappa shape index (κ3) is 3.99. The molecule has 3 nitrogen and oxygen atoms in total. The van der Waals surface area contributed by atoms with Crippen LogP contribution in [-0.2, 0) is 16.1 Å². The maximum Gasteiger partial charge on any atom is 0.342 e. The maximum absolute atomic E-state index is 11.6. The quantitative estimate of drug-likeness (QED) is 0.366. The first-order valence-corrected chi connectivity index (χ1v) is 5.07. The van der Waals surface area contributed by atoms with Crippen molar-refractivity contribution >= 4 is 5.97 Å². The maximum atomic E-state index is 11.6. The van der Waals surface area contributed by atoms with Crippen molar-refractivity contribution in [3.63, 3.8) is 0 Å². The topological polar surface area (TPSA) is 46.5 Å². The first-order chi connectivity index (χ1) is 8.15. The molecule has 0 fully saturated rings. The van der Waals surface area contributed by atoms with Crippen LogP contribution < -0.4 is 0 Å². The Morgan fingerprint density at radius 1 is 1.35 bits per heavy atom. The lowest BCUT2D eigenvalue weighted by Crippen LogP contribution is -2.09. The minimum absolute atomic E-state index is 0.0101. The molecule has 0 unspecified atom stereocenters. The van der Waals surface area contributed by atoms with Crippen LogP contribution in [0.15, 0.2) is 67.0 Å². The monoisotopic (exact) mass is 230 g/mol. The fraction of sp³-hybridized carbons (Fsp3) is 0.0714. The number of benzene rings is 1. The number of carbonyl (C=O) groups is 1. The number of carbonyl (C=O) groups excluding carboxylic acids is 1. The molecule has 0 aromatic heterocycles. The van der Waals surface area contributed by atoms with Gasteiger partial charge in [-0.25, -0.2) is 4.79 Å². The van der Waals surface area contributed by atoms with E-state index in [9.17, 15) is 9.90 Å². The van der Waals surface area contributed by atoms with Gasteiger partial charge in [0.05, 0.1) is 0 Å². The molecule has 1 aromatic rings. The Bertz CT molecular complexity index is 444. The van der Waals surface area contributed by atoms with Crippen molar-refractivity contribution in [2.75, 3.05) is 0 Å². The molecule has 0 aliphatic heterocycles. The van der Waals surface area contributed by atoms with Crippen LogP contribution in [0.4, 0.5) is 0 Å². The largest absolute Gasteiger partial charge is 0.508 e. The highest BCUT2D eigenvalue weighted by atomic mass is 16.5. The SMILES string of the molecule is C=C/C=C(\C(=C)O)C(=O)OCc1ccccc1. The molecule has 1 N–H and O–H groups in total. The minimum Gasteiger partial charge on any atom is -0.508 e. The normalized spacial score (nSPS) is 10.7. The van der Waals surface area contributed by atoms with Crippen molar-refractivity contribution in [1.82, 2.24) is 0 Å². The van der Waals surface area contributed by atoms with E-state index in [-0.39, 0.29) is 17.9 Å². The average molecular weight is 230 g/mol. The number of rotatable bonds is 5. The summed E-state index contributed by atoms with van der Waals surface area (Å²) in [6.45, 7) is 6.89. The molecule has 0 amide bonds. The molecule has 17 heavy (non-hydrogen) atoms. The van der Waals surface area contributed by atoms with Crippen molar-refractivity contribution in [3.05, 3.63) is 72.5 Å². The summed E-state index contributed by atoms with van der Waals surface area (Å²) in [6.07, 6.45) is 2.75. The van der Waals surface area contributed by atoms with E-state index in [2.05, 4.69) is 13.2 Å². The number of aliphatic hydroxyl groups is 1. The van der Waals surface area contributed by atoms with Gasteiger partial charge in [0.1, 0.15) is 17.9 Å². The highest BCUT2D eigenvalue weighted by Gasteiger charge is 2.13. The second kappa shape index (κ2) is 6.33. The van der Waals surface area contributed by atoms with Gasteiger partial charge in [-0.2, -0.15) is 0 Å². The summed E-state index contributed by atoms with van der Waals surface area (Å²) < 4.78 is 5.03. The Morgan fingerprint density at radius 3 is 2.53 bits per heavy atom. The molecule has 0 heterocycles. The number of aliphatic hydroxyl groups excluding tert-OH is 1. The van der Waals surface area contributed by atoms with Crippen molar-refractivity contribution in [3.8, 4) is 0 Å². The molecule has 0 bridgehead atoms. The Morgan fingerprint density at radius 2 is 2.00 bits per heavy atom. The Labute approximate surface area is 100 Å². The van der Waals surface area contributed by atoms with Gasteiger partial charge in [0.2, 0.25) is 0 Å². The Balaban J connectivity index is 2.63. The molecule has 0 radical (unpaired) electrons. The zero-order valence-corrected chi connectivity index (χ0v) is 9.43. The predicted octanol–water partition coefficient (Wildman–Crippen LogP) is 2.91. The number of allylic oxidation sites excluding steroid dienone is 2. The standard InChI is InChI=1S/C14H14O3/c1-3-7-13(11(2)15)14(16)17-10-12-8-5-4-6-9-12/h3-9,15H,1-2,10H2/b13-7+. The van der Waals surface area contributed by atoms with Gasteiger partial charge in [0, 0.05) is 0 Å². The van der Waals surface area contributed by atoms with Gasteiger partial charge >= 0.3 is 5.97 Å². The summed E-state index contributed by atoms with van der Waals surface area (Å²) in [7, 11) is 0. The van der Waals surface area contributed by atoms with Crippen LogP contribution >= 0.6 is 0 Å². The van der Waals surface area contributed by atoms with Gasteiger partial charge in [0.15, 0.2) is 0 Å². The summed E-state index contributed by atoms with van der Waals surface area (Å²) in [4.78, 5) is 11.6. The van der Waals surface area contributed by atoms with Crippen molar-refractivity contribution < 1.29 is 14.6 Å². The molecule has 0 aliphatic rings. The smallest absolute Gasteiger partial charge is 0.342 e. The van der Waals surface area contributed by atoms with E-state index in [0.717, 1.165) is 5.56 Å². The highest BCUT2D eigenvalue weighted by molar-refractivity contribution is 5.92. The van der Waals surface area contributed by atoms with Crippen molar-refractivity contribution in [2.24, 2.45) is 0 Å². The zero-order valence-electron chi connectivity index (χ0n) is 9.43. The van der Waals surface area contributed by atoms with Crippen LogP contribution in [0.3, 0.4) is 0 Å². The van der Waals surface area contributed by atoms with E-state index in [1.807, 2.05) is 30.3 Å². The fourth-order valence-corrected chi connectivity index (χ4v) is 1.20. The number of hydrogen-bond acceptors (Lipinski definition) is 3.